The van der Waals surface area contributed by atoms with Crippen LogP contribution in [0.1, 0.15) is 58.2 Å². The predicted octanol–water partition coefficient (Wildman–Crippen LogP) is 2.33. The van der Waals surface area contributed by atoms with Gasteiger partial charge in [-0.15, -0.1) is 5.10 Å². The fraction of sp³-hybridized carbons (Fsp3) is 0.571. The Morgan fingerprint density at radius 1 is 1.12 bits per heavy atom. The zero-order valence-corrected chi connectivity index (χ0v) is 18.9. The number of carbonyl (C=O) groups is 1. The SMILES string of the molecule is CC(C)(C)OC(=O)N1C2CCC1CC(n1ncc(COc3ccc(-n4cnnn4)nc3)n1)C2. The van der Waals surface area contributed by atoms with E-state index < -0.39 is 5.60 Å². The summed E-state index contributed by atoms with van der Waals surface area (Å²) in [4.78, 5) is 20.7. The predicted molar refractivity (Wildman–Crippen MR) is 114 cm³/mol. The van der Waals surface area contributed by atoms with Crippen LogP contribution < -0.4 is 4.74 Å². The van der Waals surface area contributed by atoms with Gasteiger partial charge in [-0.2, -0.15) is 19.7 Å². The van der Waals surface area contributed by atoms with E-state index in [9.17, 15) is 4.79 Å². The quantitative estimate of drug-likeness (QED) is 0.572. The molecule has 2 saturated heterocycles. The van der Waals surface area contributed by atoms with E-state index in [4.69, 9.17) is 9.47 Å². The lowest BCUT2D eigenvalue weighted by Gasteiger charge is -2.39. The summed E-state index contributed by atoms with van der Waals surface area (Å²) < 4.78 is 12.9. The van der Waals surface area contributed by atoms with Gasteiger partial charge >= 0.3 is 6.09 Å². The molecular formula is C21H27N9O3. The lowest BCUT2D eigenvalue weighted by Crippen LogP contribution is -2.49. The van der Waals surface area contributed by atoms with Crippen LogP contribution in [0, 0.1) is 0 Å². The number of tetrazole rings is 1. The number of nitrogens with zero attached hydrogens (tertiary/aromatic N) is 9. The highest BCUT2D eigenvalue weighted by molar-refractivity contribution is 5.69. The second-order valence-electron chi connectivity index (χ2n) is 9.45. The molecule has 33 heavy (non-hydrogen) atoms. The smallest absolute Gasteiger partial charge is 0.410 e. The molecule has 2 aliphatic rings. The zero-order chi connectivity index (χ0) is 23.0. The van der Waals surface area contributed by atoms with Crippen LogP contribution in [0.25, 0.3) is 5.82 Å². The molecule has 0 aromatic carbocycles. The van der Waals surface area contributed by atoms with Gasteiger partial charge in [0.25, 0.3) is 0 Å². The van der Waals surface area contributed by atoms with Gasteiger partial charge in [-0.3, -0.25) is 0 Å². The van der Waals surface area contributed by atoms with Crippen molar-refractivity contribution in [3.05, 3.63) is 36.5 Å². The second-order valence-corrected chi connectivity index (χ2v) is 9.45. The minimum Gasteiger partial charge on any atom is -0.486 e. The van der Waals surface area contributed by atoms with Gasteiger partial charge in [0.1, 0.15) is 30.0 Å². The molecule has 1 amide bonds. The van der Waals surface area contributed by atoms with Crippen LogP contribution in [0.3, 0.4) is 0 Å². The summed E-state index contributed by atoms with van der Waals surface area (Å²) in [5.74, 6) is 1.22. The summed E-state index contributed by atoms with van der Waals surface area (Å²) in [7, 11) is 0. The molecule has 0 N–H and O–H groups in total. The van der Waals surface area contributed by atoms with Gasteiger partial charge in [0.15, 0.2) is 5.82 Å². The van der Waals surface area contributed by atoms with Crippen LogP contribution in [-0.2, 0) is 11.3 Å². The Kier molecular flexibility index (Phi) is 5.43. The number of hydrogen-bond donors (Lipinski definition) is 0. The molecule has 174 valence electrons. The standard InChI is InChI=1S/C21H27N9O3/c1-21(2,3)33-20(31)29-15-4-5-16(29)9-17(8-15)30-24-10-14(25-30)12-32-18-6-7-19(22-11-18)28-13-23-26-27-28/h6-7,10-11,13,15-17H,4-5,8-9,12H2,1-3H3. The topological polar surface area (TPSA) is 126 Å². The molecule has 2 unspecified atom stereocenters. The number of pyridine rings is 1. The number of ether oxygens (including phenoxy) is 2. The van der Waals surface area contributed by atoms with Gasteiger partial charge in [-0.1, -0.05) is 0 Å². The first-order valence-corrected chi connectivity index (χ1v) is 11.1. The lowest BCUT2D eigenvalue weighted by molar-refractivity contribution is 0.00149. The van der Waals surface area contributed by atoms with Crippen molar-refractivity contribution in [1.29, 1.82) is 0 Å². The Morgan fingerprint density at radius 3 is 2.55 bits per heavy atom. The van der Waals surface area contributed by atoms with Gasteiger partial charge in [0.05, 0.1) is 18.4 Å². The first-order chi connectivity index (χ1) is 15.9. The molecule has 2 atom stereocenters. The molecule has 0 radical (unpaired) electrons. The van der Waals surface area contributed by atoms with Crippen LogP contribution in [0.5, 0.6) is 5.75 Å². The van der Waals surface area contributed by atoms with Gasteiger partial charge in [-0.05, 0) is 69.0 Å². The molecule has 12 heteroatoms. The van der Waals surface area contributed by atoms with E-state index in [0.717, 1.165) is 31.4 Å². The average molecular weight is 454 g/mol. The Labute approximate surface area is 190 Å². The number of rotatable bonds is 5. The number of amides is 1. The van der Waals surface area contributed by atoms with Crippen LogP contribution in [0.2, 0.25) is 0 Å². The van der Waals surface area contributed by atoms with E-state index in [1.807, 2.05) is 25.7 Å². The van der Waals surface area contributed by atoms with Crippen LogP contribution >= 0.6 is 0 Å². The van der Waals surface area contributed by atoms with Gasteiger partial charge in [0, 0.05) is 12.1 Å². The molecule has 12 nitrogen and oxygen atoms in total. The molecule has 5 rings (SSSR count). The van der Waals surface area contributed by atoms with Crippen molar-refractivity contribution < 1.29 is 14.3 Å². The zero-order valence-electron chi connectivity index (χ0n) is 18.9. The van der Waals surface area contributed by atoms with Gasteiger partial charge < -0.3 is 14.4 Å². The van der Waals surface area contributed by atoms with E-state index in [0.29, 0.717) is 11.6 Å². The molecule has 3 aromatic rings. The van der Waals surface area contributed by atoms with Crippen molar-refractivity contribution in [2.24, 2.45) is 0 Å². The number of fused-ring (bicyclic) bond motifs is 2. The summed E-state index contributed by atoms with van der Waals surface area (Å²) in [5, 5.41) is 20.1. The van der Waals surface area contributed by atoms with Gasteiger partial charge in [0.2, 0.25) is 0 Å². The third kappa shape index (κ3) is 4.64. The molecular weight excluding hydrogens is 426 g/mol. The maximum atomic E-state index is 12.7. The van der Waals surface area contributed by atoms with Gasteiger partial charge in [-0.25, -0.2) is 9.78 Å². The largest absolute Gasteiger partial charge is 0.486 e. The summed E-state index contributed by atoms with van der Waals surface area (Å²) in [6.07, 6.45) is 8.24. The monoisotopic (exact) mass is 453 g/mol. The highest BCUT2D eigenvalue weighted by Gasteiger charge is 2.45. The number of carbonyl (C=O) groups excluding carboxylic acids is 1. The second kappa shape index (κ2) is 8.41. The lowest BCUT2D eigenvalue weighted by atomic mass is 9.98. The summed E-state index contributed by atoms with van der Waals surface area (Å²) in [6, 6.07) is 4.07. The summed E-state index contributed by atoms with van der Waals surface area (Å²) in [6.45, 7) is 5.98. The van der Waals surface area contributed by atoms with E-state index in [1.54, 1.807) is 29.3 Å². The number of aromatic nitrogens is 8. The highest BCUT2D eigenvalue weighted by Crippen LogP contribution is 2.41. The molecule has 2 aliphatic heterocycles. The van der Waals surface area contributed by atoms with Crippen molar-refractivity contribution in [2.75, 3.05) is 0 Å². The minimum absolute atomic E-state index is 0.159. The van der Waals surface area contributed by atoms with Crippen molar-refractivity contribution in [3.63, 3.8) is 0 Å². The maximum absolute atomic E-state index is 12.7. The summed E-state index contributed by atoms with van der Waals surface area (Å²) >= 11 is 0. The fourth-order valence-electron chi connectivity index (χ4n) is 4.52. The van der Waals surface area contributed by atoms with Crippen LogP contribution in [-0.4, -0.2) is 68.9 Å². The Bertz CT molecular complexity index is 1080. The number of piperidine rings is 1. The van der Waals surface area contributed by atoms with E-state index in [2.05, 4.69) is 30.7 Å². The summed E-state index contributed by atoms with van der Waals surface area (Å²) in [5.41, 5.74) is 0.247. The Morgan fingerprint density at radius 2 is 1.91 bits per heavy atom. The van der Waals surface area contributed by atoms with Crippen LogP contribution in [0.4, 0.5) is 4.79 Å². The average Bonchev–Trinajstić information content (AvgIpc) is 3.51. The van der Waals surface area contributed by atoms with Crippen LogP contribution in [0.15, 0.2) is 30.9 Å². The molecule has 0 saturated carbocycles. The Hall–Kier alpha value is -3.57. The van der Waals surface area contributed by atoms with Crippen molar-refractivity contribution >= 4 is 6.09 Å². The molecule has 0 spiro atoms. The van der Waals surface area contributed by atoms with Crippen molar-refractivity contribution in [1.82, 2.24) is 45.1 Å². The maximum Gasteiger partial charge on any atom is 0.410 e. The molecule has 2 bridgehead atoms. The highest BCUT2D eigenvalue weighted by atomic mass is 16.6. The van der Waals surface area contributed by atoms with E-state index in [-0.39, 0.29) is 30.8 Å². The first-order valence-electron chi connectivity index (χ1n) is 11.1. The van der Waals surface area contributed by atoms with E-state index in [1.165, 1.54) is 11.0 Å². The minimum atomic E-state index is -0.491. The molecule has 3 aromatic heterocycles. The molecule has 0 aliphatic carbocycles. The third-order valence-electron chi connectivity index (χ3n) is 5.89. The number of hydrogen-bond acceptors (Lipinski definition) is 9. The molecule has 2 fully saturated rings. The first kappa shape index (κ1) is 21.3. The van der Waals surface area contributed by atoms with Crippen molar-refractivity contribution in [3.8, 4) is 11.6 Å². The normalized spacial score (nSPS) is 22.4. The van der Waals surface area contributed by atoms with Crippen molar-refractivity contribution in [2.45, 2.75) is 76.8 Å². The van der Waals surface area contributed by atoms with E-state index >= 15 is 0 Å². The fourth-order valence-corrected chi connectivity index (χ4v) is 4.52. The third-order valence-corrected chi connectivity index (χ3v) is 5.89. The Balaban J connectivity index is 1.17. The molecule has 5 heterocycles.